The Kier molecular flexibility index (Phi) is 7.97. The number of carbonyl (C=O) groups excluding carboxylic acids is 1. The van der Waals surface area contributed by atoms with Crippen molar-refractivity contribution in [3.8, 4) is 17.5 Å². The summed E-state index contributed by atoms with van der Waals surface area (Å²) in [5.41, 5.74) is 0.727. The summed E-state index contributed by atoms with van der Waals surface area (Å²) in [6.07, 6.45) is 3.62. The first-order valence-corrected chi connectivity index (χ1v) is 13.5. The van der Waals surface area contributed by atoms with Crippen LogP contribution in [0.15, 0.2) is 48.8 Å². The molecule has 2 unspecified atom stereocenters. The van der Waals surface area contributed by atoms with Gasteiger partial charge in [-0.05, 0) is 42.5 Å². The predicted octanol–water partition coefficient (Wildman–Crippen LogP) is 3.52. The Morgan fingerprint density at radius 2 is 2.05 bits per heavy atom. The molecule has 0 bridgehead atoms. The normalized spacial score (nSPS) is 19.9. The Morgan fingerprint density at radius 1 is 1.24 bits per heavy atom. The third-order valence-corrected chi connectivity index (χ3v) is 8.02. The van der Waals surface area contributed by atoms with Gasteiger partial charge in [0.15, 0.2) is 5.82 Å². The number of nitrogens with zero attached hydrogens (tertiary/aromatic N) is 7. The molecule has 1 aromatic carbocycles. The topological polar surface area (TPSA) is 176 Å². The fraction of sp³-hybridized carbons (Fsp3) is 0.379. The second kappa shape index (κ2) is 11.8. The third-order valence-electron chi connectivity index (χ3n) is 8.02. The Balaban J connectivity index is 1.70. The summed E-state index contributed by atoms with van der Waals surface area (Å²) in [4.78, 5) is 53.8. The van der Waals surface area contributed by atoms with E-state index in [4.69, 9.17) is 4.74 Å². The number of piperazine rings is 1. The monoisotopic (exact) mass is 571 g/mol. The maximum Gasteiger partial charge on any atom is 0.407 e. The fourth-order valence-corrected chi connectivity index (χ4v) is 6.09. The van der Waals surface area contributed by atoms with E-state index in [1.165, 1.54) is 12.0 Å². The Labute approximate surface area is 241 Å². The summed E-state index contributed by atoms with van der Waals surface area (Å²) in [5, 5.41) is 31.8. The van der Waals surface area contributed by atoms with Gasteiger partial charge in [0.25, 0.3) is 0 Å². The van der Waals surface area contributed by atoms with Crippen molar-refractivity contribution in [2.24, 2.45) is 0 Å². The molecule has 1 amide bonds. The first kappa shape index (κ1) is 28.4. The highest BCUT2D eigenvalue weighted by Gasteiger charge is 2.47. The number of hydrogen-bond acceptors (Lipinski definition) is 10. The minimum absolute atomic E-state index is 0.000872. The highest BCUT2D eigenvalue weighted by Crippen LogP contribution is 2.44. The van der Waals surface area contributed by atoms with Gasteiger partial charge in [-0.2, -0.15) is 5.26 Å². The quantitative estimate of drug-likeness (QED) is 0.249. The number of amides is 1. The summed E-state index contributed by atoms with van der Waals surface area (Å²) < 4.78 is 5.29. The van der Waals surface area contributed by atoms with Crippen LogP contribution in [0.5, 0.6) is 0 Å². The van der Waals surface area contributed by atoms with Gasteiger partial charge in [0.1, 0.15) is 5.69 Å². The van der Waals surface area contributed by atoms with Crippen molar-refractivity contribution in [3.05, 3.63) is 75.7 Å². The number of ether oxygens (including phenoxy) is 1. The molecule has 216 valence electrons. The molecule has 42 heavy (non-hydrogen) atoms. The van der Waals surface area contributed by atoms with Crippen molar-refractivity contribution in [1.82, 2.24) is 19.9 Å². The standard InChI is InChI=1S/C29H29N7O6/c1-42-27(37)29(11-4-7-19-6-2-3-9-22(19)29)16-23-24(36(40)41)26(33-25(32-23)20-8-5-13-31-17-20)34-14-15-35(28(38)39)21(18-34)10-12-30/h2-3,5-6,8-9,13,17,21H,4,7,10-11,14-16,18H2,1H3,(H,38,39). The number of nitriles is 1. The molecule has 3 heterocycles. The number of benzene rings is 1. The van der Waals surface area contributed by atoms with E-state index in [0.717, 1.165) is 17.5 Å². The van der Waals surface area contributed by atoms with E-state index in [-0.39, 0.29) is 55.5 Å². The summed E-state index contributed by atoms with van der Waals surface area (Å²) in [6.45, 7) is 0.164. The number of pyridine rings is 1. The molecule has 1 fully saturated rings. The summed E-state index contributed by atoms with van der Waals surface area (Å²) in [6, 6.07) is 12.3. The number of nitro groups is 1. The number of carboxylic acid groups (broad SMARTS) is 1. The molecule has 0 spiro atoms. The van der Waals surface area contributed by atoms with Gasteiger partial charge < -0.3 is 19.6 Å². The number of hydrogen-bond donors (Lipinski definition) is 1. The number of anilines is 1. The van der Waals surface area contributed by atoms with Crippen molar-refractivity contribution < 1.29 is 24.4 Å². The molecule has 13 nitrogen and oxygen atoms in total. The lowest BCUT2D eigenvalue weighted by atomic mass is 9.67. The first-order chi connectivity index (χ1) is 20.3. The smallest absolute Gasteiger partial charge is 0.407 e. The number of rotatable bonds is 7. The van der Waals surface area contributed by atoms with Gasteiger partial charge in [0.05, 0.1) is 36.0 Å². The lowest BCUT2D eigenvalue weighted by Crippen LogP contribution is -2.55. The van der Waals surface area contributed by atoms with Crippen LogP contribution in [0.2, 0.25) is 0 Å². The third kappa shape index (κ3) is 5.18. The second-order valence-corrected chi connectivity index (χ2v) is 10.4. The zero-order chi connectivity index (χ0) is 29.9. The Bertz CT molecular complexity index is 1560. The summed E-state index contributed by atoms with van der Waals surface area (Å²) in [7, 11) is 1.31. The van der Waals surface area contributed by atoms with Crippen LogP contribution in [0.4, 0.5) is 16.3 Å². The van der Waals surface area contributed by atoms with Gasteiger partial charge in [-0.15, -0.1) is 0 Å². The number of carbonyl (C=O) groups is 2. The number of aryl methyl sites for hydroxylation is 1. The lowest BCUT2D eigenvalue weighted by molar-refractivity contribution is -0.385. The van der Waals surface area contributed by atoms with Crippen LogP contribution in [0.1, 0.15) is 36.1 Å². The molecular formula is C29H29N7O6. The van der Waals surface area contributed by atoms with Crippen molar-refractivity contribution in [2.75, 3.05) is 31.6 Å². The Morgan fingerprint density at radius 3 is 2.74 bits per heavy atom. The predicted molar refractivity (Wildman–Crippen MR) is 150 cm³/mol. The van der Waals surface area contributed by atoms with E-state index in [1.807, 2.05) is 30.3 Å². The van der Waals surface area contributed by atoms with Crippen LogP contribution < -0.4 is 4.90 Å². The van der Waals surface area contributed by atoms with E-state index >= 15 is 0 Å². The molecule has 1 aliphatic carbocycles. The zero-order valence-corrected chi connectivity index (χ0v) is 23.0. The number of aromatic nitrogens is 3. The number of esters is 1. The fourth-order valence-electron chi connectivity index (χ4n) is 6.09. The number of fused-ring (bicyclic) bond motifs is 1. The minimum atomic E-state index is -1.21. The molecule has 0 radical (unpaired) electrons. The first-order valence-electron chi connectivity index (χ1n) is 13.5. The molecule has 1 N–H and O–H groups in total. The van der Waals surface area contributed by atoms with Gasteiger partial charge >= 0.3 is 17.7 Å². The maximum absolute atomic E-state index is 13.5. The van der Waals surface area contributed by atoms with Crippen molar-refractivity contribution in [3.63, 3.8) is 0 Å². The van der Waals surface area contributed by atoms with E-state index in [1.54, 1.807) is 29.4 Å². The van der Waals surface area contributed by atoms with Crippen molar-refractivity contribution in [2.45, 2.75) is 43.6 Å². The zero-order valence-electron chi connectivity index (χ0n) is 23.0. The van der Waals surface area contributed by atoms with Gasteiger partial charge in [-0.3, -0.25) is 19.9 Å². The molecular weight excluding hydrogens is 542 g/mol. The van der Waals surface area contributed by atoms with E-state index in [0.29, 0.717) is 18.4 Å². The molecule has 13 heteroatoms. The molecule has 1 aliphatic heterocycles. The van der Waals surface area contributed by atoms with E-state index in [2.05, 4.69) is 15.0 Å². The highest BCUT2D eigenvalue weighted by molar-refractivity contribution is 5.85. The van der Waals surface area contributed by atoms with Crippen LogP contribution in [-0.2, 0) is 27.8 Å². The summed E-state index contributed by atoms with van der Waals surface area (Å²) >= 11 is 0. The second-order valence-electron chi connectivity index (χ2n) is 10.4. The van der Waals surface area contributed by atoms with Gasteiger partial charge in [-0.1, -0.05) is 24.3 Å². The molecule has 0 saturated carbocycles. The van der Waals surface area contributed by atoms with Crippen LogP contribution in [0.25, 0.3) is 11.4 Å². The molecule has 2 aromatic heterocycles. The molecule has 2 aliphatic rings. The maximum atomic E-state index is 13.5. The van der Waals surface area contributed by atoms with Crippen molar-refractivity contribution >= 4 is 23.6 Å². The molecule has 3 aromatic rings. The van der Waals surface area contributed by atoms with Gasteiger partial charge in [-0.25, -0.2) is 14.8 Å². The lowest BCUT2D eigenvalue weighted by Gasteiger charge is -2.39. The highest BCUT2D eigenvalue weighted by atomic mass is 16.6. The minimum Gasteiger partial charge on any atom is -0.468 e. The molecule has 5 rings (SSSR count). The van der Waals surface area contributed by atoms with Crippen LogP contribution in [0.3, 0.4) is 0 Å². The Hall–Kier alpha value is -5.12. The summed E-state index contributed by atoms with van der Waals surface area (Å²) in [5.74, 6) is -0.322. The molecule has 1 saturated heterocycles. The number of methoxy groups -OCH3 is 1. The van der Waals surface area contributed by atoms with Crippen molar-refractivity contribution in [1.29, 1.82) is 5.26 Å². The van der Waals surface area contributed by atoms with E-state index in [9.17, 15) is 30.1 Å². The van der Waals surface area contributed by atoms with Crippen LogP contribution in [0, 0.1) is 21.4 Å². The van der Waals surface area contributed by atoms with E-state index < -0.39 is 28.4 Å². The van der Waals surface area contributed by atoms with Crippen LogP contribution in [-0.4, -0.2) is 74.7 Å². The van der Waals surface area contributed by atoms with Gasteiger partial charge in [0.2, 0.25) is 5.82 Å². The van der Waals surface area contributed by atoms with Crippen LogP contribution >= 0.6 is 0 Å². The van der Waals surface area contributed by atoms with Gasteiger partial charge in [0, 0.05) is 44.0 Å². The average Bonchev–Trinajstić information content (AvgIpc) is 3.00. The average molecular weight is 572 g/mol. The molecule has 2 atom stereocenters. The largest absolute Gasteiger partial charge is 0.468 e. The SMILES string of the molecule is COC(=O)C1(Cc2nc(-c3cccnc3)nc(N3CCN(C(=O)O)C(CC#N)C3)c2[N+](=O)[O-])CCCc2ccccc21.